The molecule has 2 aromatic rings. The Hall–Kier alpha value is -1.47. The van der Waals surface area contributed by atoms with Gasteiger partial charge in [0.1, 0.15) is 11.6 Å². The third-order valence-electron chi connectivity index (χ3n) is 2.14. The number of hydrogen-bond donors (Lipinski definition) is 2. The van der Waals surface area contributed by atoms with Crippen LogP contribution in [0.25, 0.3) is 0 Å². The molecule has 0 fully saturated rings. The van der Waals surface area contributed by atoms with Gasteiger partial charge in [0.2, 0.25) is 5.13 Å². The number of rotatable bonds is 4. The van der Waals surface area contributed by atoms with E-state index in [0.717, 1.165) is 5.56 Å². The molecule has 0 saturated heterocycles. The van der Waals surface area contributed by atoms with Gasteiger partial charge in [-0.1, -0.05) is 22.0 Å². The zero-order valence-corrected chi connectivity index (χ0v) is 11.6. The molecule has 94 valence electrons. The largest absolute Gasteiger partial charge is 0.383 e. The zero-order chi connectivity index (χ0) is 13.0. The van der Waals surface area contributed by atoms with E-state index in [9.17, 15) is 4.39 Å². The Morgan fingerprint density at radius 3 is 3.06 bits per heavy atom. The number of hydrazone groups is 1. The Bertz CT molecular complexity index is 570. The molecule has 3 N–H and O–H groups in total. The van der Waals surface area contributed by atoms with Crippen LogP contribution in [0.4, 0.5) is 15.3 Å². The molecule has 0 atom stereocenters. The zero-order valence-electron chi connectivity index (χ0n) is 9.23. The van der Waals surface area contributed by atoms with E-state index in [1.54, 1.807) is 17.7 Å². The first-order chi connectivity index (χ1) is 8.69. The number of benzene rings is 1. The van der Waals surface area contributed by atoms with Crippen molar-refractivity contribution in [2.45, 2.75) is 5.33 Å². The summed E-state index contributed by atoms with van der Waals surface area (Å²) in [5.74, 6) is 0.157. The molecule has 0 unspecified atom stereocenters. The lowest BCUT2D eigenvalue weighted by molar-refractivity contribution is 0.627. The highest BCUT2D eigenvalue weighted by Crippen LogP contribution is 2.16. The van der Waals surface area contributed by atoms with Crippen molar-refractivity contribution in [1.29, 1.82) is 0 Å². The number of alkyl halides is 1. The standard InChI is InChI=1S/C11H10BrFN4S/c12-4-7-1-2-9(13)3-8(7)5-15-17-11-16-10(14)6-18-11/h1-3,5-6H,4,14H2,(H,16,17). The maximum absolute atomic E-state index is 13.1. The molecule has 2 rings (SSSR count). The van der Waals surface area contributed by atoms with E-state index < -0.39 is 0 Å². The second-order valence-electron chi connectivity index (χ2n) is 3.42. The molecule has 7 heteroatoms. The summed E-state index contributed by atoms with van der Waals surface area (Å²) in [6, 6.07) is 4.56. The average molecular weight is 329 g/mol. The van der Waals surface area contributed by atoms with E-state index >= 15 is 0 Å². The van der Waals surface area contributed by atoms with Gasteiger partial charge in [0, 0.05) is 16.3 Å². The molecule has 4 nitrogen and oxygen atoms in total. The normalized spacial score (nSPS) is 11.0. The van der Waals surface area contributed by atoms with Crippen LogP contribution in [-0.4, -0.2) is 11.2 Å². The van der Waals surface area contributed by atoms with Crippen molar-refractivity contribution in [1.82, 2.24) is 4.98 Å². The molecule has 1 heterocycles. The van der Waals surface area contributed by atoms with E-state index in [2.05, 4.69) is 31.4 Å². The first-order valence-corrected chi connectivity index (χ1v) is 7.03. The third-order valence-corrected chi connectivity index (χ3v) is 3.51. The van der Waals surface area contributed by atoms with Crippen LogP contribution in [0.5, 0.6) is 0 Å². The van der Waals surface area contributed by atoms with Crippen LogP contribution in [0.2, 0.25) is 0 Å². The Kier molecular flexibility index (Phi) is 4.27. The van der Waals surface area contributed by atoms with Crippen molar-refractivity contribution in [3.8, 4) is 0 Å². The fourth-order valence-electron chi connectivity index (χ4n) is 1.30. The Morgan fingerprint density at radius 2 is 2.39 bits per heavy atom. The van der Waals surface area contributed by atoms with E-state index in [0.29, 0.717) is 21.8 Å². The predicted octanol–water partition coefficient (Wildman–Crippen LogP) is 3.21. The summed E-state index contributed by atoms with van der Waals surface area (Å²) in [7, 11) is 0. The first-order valence-electron chi connectivity index (χ1n) is 5.03. The van der Waals surface area contributed by atoms with Gasteiger partial charge in [-0.25, -0.2) is 9.37 Å². The van der Waals surface area contributed by atoms with Crippen molar-refractivity contribution in [3.63, 3.8) is 0 Å². The fraction of sp³-hybridized carbons (Fsp3) is 0.0909. The van der Waals surface area contributed by atoms with E-state index in [-0.39, 0.29) is 5.82 Å². The number of nitrogens with one attached hydrogen (secondary N) is 1. The number of hydrogen-bond acceptors (Lipinski definition) is 5. The van der Waals surface area contributed by atoms with Crippen molar-refractivity contribution >= 4 is 44.4 Å². The topological polar surface area (TPSA) is 63.3 Å². The highest BCUT2D eigenvalue weighted by Gasteiger charge is 2.01. The van der Waals surface area contributed by atoms with Gasteiger partial charge in [-0.2, -0.15) is 5.10 Å². The molecule has 0 spiro atoms. The Balaban J connectivity index is 2.11. The first kappa shape index (κ1) is 13.0. The lowest BCUT2D eigenvalue weighted by atomic mass is 10.1. The summed E-state index contributed by atoms with van der Waals surface area (Å²) in [4.78, 5) is 3.99. The van der Waals surface area contributed by atoms with E-state index in [1.165, 1.54) is 23.5 Å². The van der Waals surface area contributed by atoms with E-state index in [1.807, 2.05) is 0 Å². The summed E-state index contributed by atoms with van der Waals surface area (Å²) < 4.78 is 13.1. The van der Waals surface area contributed by atoms with Gasteiger partial charge in [-0.05, 0) is 17.7 Å². The number of anilines is 2. The molecule has 0 saturated carbocycles. The molecule has 0 aliphatic heterocycles. The Morgan fingerprint density at radius 1 is 1.56 bits per heavy atom. The molecule has 1 aromatic heterocycles. The van der Waals surface area contributed by atoms with Crippen molar-refractivity contribution in [2.24, 2.45) is 5.10 Å². The minimum absolute atomic E-state index is 0.292. The molecule has 0 bridgehead atoms. The quantitative estimate of drug-likeness (QED) is 0.514. The lowest BCUT2D eigenvalue weighted by Gasteiger charge is -2.01. The number of nitrogen functional groups attached to an aromatic ring is 1. The van der Waals surface area contributed by atoms with Crippen LogP contribution >= 0.6 is 27.3 Å². The van der Waals surface area contributed by atoms with Crippen molar-refractivity contribution in [3.05, 3.63) is 40.5 Å². The summed E-state index contributed by atoms with van der Waals surface area (Å²) in [6.07, 6.45) is 1.55. The molecule has 18 heavy (non-hydrogen) atoms. The number of thiazole rings is 1. The van der Waals surface area contributed by atoms with Gasteiger partial charge < -0.3 is 5.73 Å². The second kappa shape index (κ2) is 5.92. The van der Waals surface area contributed by atoms with Gasteiger partial charge >= 0.3 is 0 Å². The van der Waals surface area contributed by atoms with Gasteiger partial charge in [0.15, 0.2) is 0 Å². The monoisotopic (exact) mass is 328 g/mol. The summed E-state index contributed by atoms with van der Waals surface area (Å²) in [5.41, 5.74) is 9.89. The molecular formula is C11H10BrFN4S. The van der Waals surface area contributed by atoms with Crippen LogP contribution in [0.3, 0.4) is 0 Å². The van der Waals surface area contributed by atoms with Crippen molar-refractivity contribution < 1.29 is 4.39 Å². The van der Waals surface area contributed by atoms with Crippen LogP contribution in [0.15, 0.2) is 28.7 Å². The minimum atomic E-state index is -0.292. The van der Waals surface area contributed by atoms with Crippen LogP contribution in [-0.2, 0) is 5.33 Å². The number of nitrogens with zero attached hydrogens (tertiary/aromatic N) is 2. The minimum Gasteiger partial charge on any atom is -0.383 e. The van der Waals surface area contributed by atoms with Gasteiger partial charge in [-0.3, -0.25) is 5.43 Å². The number of nitrogens with two attached hydrogens (primary N) is 1. The van der Waals surface area contributed by atoms with Crippen molar-refractivity contribution in [2.75, 3.05) is 11.2 Å². The molecule has 0 amide bonds. The number of aromatic nitrogens is 1. The molecule has 0 aliphatic rings. The SMILES string of the molecule is Nc1csc(NN=Cc2cc(F)ccc2CBr)n1. The van der Waals surface area contributed by atoms with Gasteiger partial charge in [-0.15, -0.1) is 11.3 Å². The molecule has 0 radical (unpaired) electrons. The fourth-order valence-corrected chi connectivity index (χ4v) is 2.36. The summed E-state index contributed by atoms with van der Waals surface area (Å²) >= 11 is 4.70. The molecular weight excluding hydrogens is 319 g/mol. The smallest absolute Gasteiger partial charge is 0.205 e. The molecule has 0 aliphatic carbocycles. The lowest BCUT2D eigenvalue weighted by Crippen LogP contribution is -1.95. The summed E-state index contributed by atoms with van der Waals surface area (Å²) in [6.45, 7) is 0. The highest BCUT2D eigenvalue weighted by molar-refractivity contribution is 9.08. The summed E-state index contributed by atoms with van der Waals surface area (Å²) in [5, 5.41) is 6.95. The maximum atomic E-state index is 13.1. The average Bonchev–Trinajstić information content (AvgIpc) is 2.75. The predicted molar refractivity (Wildman–Crippen MR) is 76.8 cm³/mol. The van der Waals surface area contributed by atoms with E-state index in [4.69, 9.17) is 5.73 Å². The van der Waals surface area contributed by atoms with Gasteiger partial charge in [0.05, 0.1) is 6.21 Å². The van der Waals surface area contributed by atoms with Crippen LogP contribution < -0.4 is 11.2 Å². The number of halogens is 2. The van der Waals surface area contributed by atoms with Gasteiger partial charge in [0.25, 0.3) is 0 Å². The maximum Gasteiger partial charge on any atom is 0.205 e. The third kappa shape index (κ3) is 3.27. The van der Waals surface area contributed by atoms with Crippen LogP contribution in [0, 0.1) is 5.82 Å². The Labute approximate surface area is 116 Å². The van der Waals surface area contributed by atoms with Crippen LogP contribution in [0.1, 0.15) is 11.1 Å². The highest BCUT2D eigenvalue weighted by atomic mass is 79.9. The second-order valence-corrected chi connectivity index (χ2v) is 4.84. The molecule has 1 aromatic carbocycles.